The molecule has 0 bridgehead atoms. The topological polar surface area (TPSA) is 83.6 Å². The van der Waals surface area contributed by atoms with Gasteiger partial charge in [-0.2, -0.15) is 13.2 Å². The highest BCUT2D eigenvalue weighted by atomic mass is 19.4. The fourth-order valence-corrected chi connectivity index (χ4v) is 1.07. The number of aliphatic carboxylic acids is 1. The Labute approximate surface area is 92.6 Å². The van der Waals surface area contributed by atoms with Crippen LogP contribution < -0.4 is 0 Å². The van der Waals surface area contributed by atoms with Crippen LogP contribution in [0.25, 0.3) is 0 Å². The van der Waals surface area contributed by atoms with Crippen molar-refractivity contribution in [2.75, 3.05) is 13.6 Å². The zero-order valence-corrected chi connectivity index (χ0v) is 8.48. The van der Waals surface area contributed by atoms with E-state index in [0.29, 0.717) is 11.2 Å². The molecule has 0 aliphatic carbocycles. The molecular formula is C8H7F3N2O4. The zero-order valence-electron chi connectivity index (χ0n) is 8.48. The van der Waals surface area contributed by atoms with E-state index in [1.54, 1.807) is 0 Å². The molecule has 0 unspecified atom stereocenters. The summed E-state index contributed by atoms with van der Waals surface area (Å²) in [5.74, 6) is -2.47. The minimum atomic E-state index is -4.83. The monoisotopic (exact) mass is 252 g/mol. The molecule has 0 aromatic carbocycles. The smallest absolute Gasteiger partial charge is 0.437 e. The van der Waals surface area contributed by atoms with Gasteiger partial charge in [-0.05, 0) is 0 Å². The van der Waals surface area contributed by atoms with Gasteiger partial charge in [0.05, 0.1) is 0 Å². The van der Waals surface area contributed by atoms with Crippen LogP contribution in [-0.4, -0.2) is 40.6 Å². The number of alkyl halides is 3. The van der Waals surface area contributed by atoms with Crippen molar-refractivity contribution in [1.82, 2.24) is 10.1 Å². The molecule has 0 aliphatic heterocycles. The van der Waals surface area contributed by atoms with Gasteiger partial charge in [-0.3, -0.25) is 9.59 Å². The number of carboxylic acids is 1. The number of carboxylic acid groups (broad SMARTS) is 1. The highest BCUT2D eigenvalue weighted by Gasteiger charge is 2.40. The second kappa shape index (κ2) is 4.44. The summed E-state index contributed by atoms with van der Waals surface area (Å²) in [7, 11) is 1.06. The van der Waals surface area contributed by atoms with Crippen molar-refractivity contribution in [3.63, 3.8) is 0 Å². The maximum Gasteiger partial charge on any atom is 0.437 e. The molecule has 0 spiro atoms. The van der Waals surface area contributed by atoms with Crippen LogP contribution in [0.3, 0.4) is 0 Å². The number of rotatable bonds is 3. The quantitative estimate of drug-likeness (QED) is 0.862. The highest BCUT2D eigenvalue weighted by Crippen LogP contribution is 2.31. The van der Waals surface area contributed by atoms with E-state index in [-0.39, 0.29) is 0 Å². The Morgan fingerprint density at radius 3 is 2.59 bits per heavy atom. The van der Waals surface area contributed by atoms with E-state index >= 15 is 0 Å². The lowest BCUT2D eigenvalue weighted by Crippen LogP contribution is -2.33. The minimum absolute atomic E-state index is 0.531. The van der Waals surface area contributed by atoms with Crippen LogP contribution >= 0.6 is 0 Å². The van der Waals surface area contributed by atoms with E-state index in [1.165, 1.54) is 0 Å². The third kappa shape index (κ3) is 2.95. The third-order valence-electron chi connectivity index (χ3n) is 1.79. The first kappa shape index (κ1) is 13.0. The van der Waals surface area contributed by atoms with Crippen LogP contribution in [0.4, 0.5) is 13.2 Å². The van der Waals surface area contributed by atoms with E-state index in [4.69, 9.17) is 5.11 Å². The van der Waals surface area contributed by atoms with E-state index < -0.39 is 35.9 Å². The molecule has 6 nitrogen and oxygen atoms in total. The van der Waals surface area contributed by atoms with Crippen molar-refractivity contribution in [3.05, 3.63) is 17.5 Å². The van der Waals surface area contributed by atoms with E-state index in [0.717, 1.165) is 7.05 Å². The average Bonchev–Trinajstić information content (AvgIpc) is 2.62. The van der Waals surface area contributed by atoms with Crippen molar-refractivity contribution >= 4 is 11.9 Å². The van der Waals surface area contributed by atoms with Crippen LogP contribution in [0.2, 0.25) is 0 Å². The molecule has 0 aliphatic rings. The second-order valence-corrected chi connectivity index (χ2v) is 3.13. The normalized spacial score (nSPS) is 11.3. The molecule has 1 heterocycles. The van der Waals surface area contributed by atoms with Gasteiger partial charge in [0.1, 0.15) is 18.4 Å². The van der Waals surface area contributed by atoms with E-state index in [2.05, 4.69) is 9.68 Å². The van der Waals surface area contributed by atoms with Crippen LogP contribution in [0.15, 0.2) is 10.8 Å². The molecule has 1 amide bonds. The average molecular weight is 252 g/mol. The third-order valence-corrected chi connectivity index (χ3v) is 1.79. The molecule has 0 fully saturated rings. The fraction of sp³-hybridized carbons (Fsp3) is 0.375. The predicted octanol–water partition coefficient (Wildman–Crippen LogP) is 0.850. The molecular weight excluding hydrogens is 245 g/mol. The first-order valence-corrected chi connectivity index (χ1v) is 4.22. The number of halogens is 3. The lowest BCUT2D eigenvalue weighted by Gasteiger charge is -2.14. The molecule has 0 saturated heterocycles. The summed E-state index contributed by atoms with van der Waals surface area (Å²) in [5.41, 5.74) is -2.29. The summed E-state index contributed by atoms with van der Waals surface area (Å²) < 4.78 is 41.2. The van der Waals surface area contributed by atoms with Crippen molar-refractivity contribution in [3.8, 4) is 0 Å². The number of carbonyl (C=O) groups is 2. The van der Waals surface area contributed by atoms with Gasteiger partial charge < -0.3 is 14.5 Å². The first-order valence-electron chi connectivity index (χ1n) is 4.22. The standard InChI is InChI=1S/C8H7F3N2O4/c1-13(2-5(14)15)7(16)4-3-17-12-6(4)8(9,10)11/h3H,2H2,1H3,(H,14,15). The Morgan fingerprint density at radius 1 is 1.53 bits per heavy atom. The zero-order chi connectivity index (χ0) is 13.2. The fourth-order valence-electron chi connectivity index (χ4n) is 1.07. The number of amides is 1. The predicted molar refractivity (Wildman–Crippen MR) is 46.1 cm³/mol. The SMILES string of the molecule is CN(CC(=O)O)C(=O)c1conc1C(F)(F)F. The Morgan fingerprint density at radius 2 is 2.12 bits per heavy atom. The molecule has 0 atom stereocenters. The molecule has 1 rings (SSSR count). The van der Waals surface area contributed by atoms with Gasteiger partial charge in [0.15, 0.2) is 5.69 Å². The molecule has 0 radical (unpaired) electrons. The van der Waals surface area contributed by atoms with E-state index in [1.807, 2.05) is 0 Å². The van der Waals surface area contributed by atoms with Crippen LogP contribution in [0.5, 0.6) is 0 Å². The molecule has 9 heteroatoms. The van der Waals surface area contributed by atoms with Gasteiger partial charge in [0.2, 0.25) is 0 Å². The summed E-state index contributed by atoms with van der Waals surface area (Å²) in [5, 5.41) is 11.1. The molecule has 1 aromatic rings. The summed E-state index contributed by atoms with van der Waals surface area (Å²) in [6, 6.07) is 0. The van der Waals surface area contributed by atoms with Crippen molar-refractivity contribution < 1.29 is 32.4 Å². The van der Waals surface area contributed by atoms with E-state index in [9.17, 15) is 22.8 Å². The largest absolute Gasteiger partial charge is 0.480 e. The maximum atomic E-state index is 12.4. The number of nitrogens with zero attached hydrogens (tertiary/aromatic N) is 2. The maximum absolute atomic E-state index is 12.4. The lowest BCUT2D eigenvalue weighted by molar-refractivity contribution is -0.143. The summed E-state index contributed by atoms with van der Waals surface area (Å²) >= 11 is 0. The van der Waals surface area contributed by atoms with Crippen LogP contribution in [-0.2, 0) is 11.0 Å². The Bertz CT molecular complexity index is 440. The lowest BCUT2D eigenvalue weighted by atomic mass is 10.2. The van der Waals surface area contributed by atoms with Crippen molar-refractivity contribution in [1.29, 1.82) is 0 Å². The molecule has 94 valence electrons. The summed E-state index contributed by atoms with van der Waals surface area (Å²) in [4.78, 5) is 22.4. The van der Waals surface area contributed by atoms with Gasteiger partial charge in [0.25, 0.3) is 5.91 Å². The Kier molecular flexibility index (Phi) is 3.39. The van der Waals surface area contributed by atoms with Gasteiger partial charge in [-0.15, -0.1) is 0 Å². The van der Waals surface area contributed by atoms with Crippen molar-refractivity contribution in [2.24, 2.45) is 0 Å². The number of hydrogen-bond donors (Lipinski definition) is 1. The number of aromatic nitrogens is 1. The Balaban J connectivity index is 2.98. The van der Waals surface area contributed by atoms with Crippen LogP contribution in [0, 0.1) is 0 Å². The Hall–Kier alpha value is -2.06. The highest BCUT2D eigenvalue weighted by molar-refractivity contribution is 5.96. The van der Waals surface area contributed by atoms with Crippen LogP contribution in [0.1, 0.15) is 16.1 Å². The number of carbonyl (C=O) groups excluding carboxylic acids is 1. The summed E-state index contributed by atoms with van der Waals surface area (Å²) in [6.45, 7) is -0.721. The molecule has 0 saturated carbocycles. The summed E-state index contributed by atoms with van der Waals surface area (Å²) in [6.07, 6.45) is -4.30. The molecule has 1 N–H and O–H groups in total. The first-order chi connectivity index (χ1) is 7.73. The minimum Gasteiger partial charge on any atom is -0.480 e. The molecule has 17 heavy (non-hydrogen) atoms. The van der Waals surface area contributed by atoms with Gasteiger partial charge in [-0.1, -0.05) is 5.16 Å². The number of likely N-dealkylation sites (N-methyl/N-ethyl adjacent to an activating group) is 1. The van der Waals surface area contributed by atoms with Gasteiger partial charge in [-0.25, -0.2) is 0 Å². The van der Waals surface area contributed by atoms with Gasteiger partial charge in [0, 0.05) is 7.05 Å². The molecule has 1 aromatic heterocycles. The number of hydrogen-bond acceptors (Lipinski definition) is 4. The second-order valence-electron chi connectivity index (χ2n) is 3.13. The van der Waals surface area contributed by atoms with Crippen molar-refractivity contribution in [2.45, 2.75) is 6.18 Å². The van der Waals surface area contributed by atoms with Gasteiger partial charge >= 0.3 is 12.1 Å².